The highest BCUT2D eigenvalue weighted by Crippen LogP contribution is 2.21. The lowest BCUT2D eigenvalue weighted by Crippen LogP contribution is -1.81. The highest BCUT2D eigenvalue weighted by atomic mass is 35.5. The van der Waals surface area contributed by atoms with Gasteiger partial charge in [0.1, 0.15) is 0 Å². The molecule has 0 nitrogen and oxygen atoms in total. The first kappa shape index (κ1) is 10.1. The summed E-state index contributed by atoms with van der Waals surface area (Å²) in [6.45, 7) is 3.82. The van der Waals surface area contributed by atoms with E-state index in [4.69, 9.17) is 11.6 Å². The molecular weight excluding hydrogens is 188 g/mol. The molecule has 1 aromatic rings. The van der Waals surface area contributed by atoms with Gasteiger partial charge in [-0.1, -0.05) is 37.8 Å². The predicted molar refractivity (Wildman–Crippen MR) is 56.9 cm³/mol. The number of aryl methyl sites for hydroxylation is 1. The van der Waals surface area contributed by atoms with Crippen molar-refractivity contribution in [1.29, 1.82) is 0 Å². The smallest absolute Gasteiger partial charge is 0.0931 e. The molecule has 0 aliphatic rings. The van der Waals surface area contributed by atoms with E-state index in [9.17, 15) is 0 Å². The summed E-state index contributed by atoms with van der Waals surface area (Å²) in [5, 5.41) is 2.15. The second kappa shape index (κ2) is 5.60. The van der Waals surface area contributed by atoms with E-state index in [-0.39, 0.29) is 0 Å². The molecule has 1 radical (unpaired) electrons. The molecule has 12 heavy (non-hydrogen) atoms. The third-order valence-corrected chi connectivity index (χ3v) is 2.98. The average molecular weight is 202 g/mol. The zero-order valence-corrected chi connectivity index (χ0v) is 8.76. The first-order valence-electron chi connectivity index (χ1n) is 4.35. The van der Waals surface area contributed by atoms with Crippen LogP contribution >= 0.6 is 22.9 Å². The molecule has 0 saturated heterocycles. The molecule has 67 valence electrons. The van der Waals surface area contributed by atoms with E-state index < -0.39 is 0 Å². The summed E-state index contributed by atoms with van der Waals surface area (Å²) in [5.41, 5.74) is 1.38. The molecule has 0 amide bonds. The zero-order valence-electron chi connectivity index (χ0n) is 7.18. The van der Waals surface area contributed by atoms with Gasteiger partial charge in [-0.25, -0.2) is 0 Å². The second-order valence-electron chi connectivity index (χ2n) is 2.92. The largest absolute Gasteiger partial charge is 0.132 e. The van der Waals surface area contributed by atoms with Gasteiger partial charge in [0, 0.05) is 0 Å². The van der Waals surface area contributed by atoms with E-state index in [1.54, 1.807) is 11.3 Å². The Morgan fingerprint density at radius 2 is 2.17 bits per heavy atom. The molecule has 0 atom stereocenters. The van der Waals surface area contributed by atoms with Crippen LogP contribution in [0.15, 0.2) is 11.4 Å². The number of rotatable bonds is 5. The molecule has 0 spiro atoms. The van der Waals surface area contributed by atoms with Gasteiger partial charge in [-0.3, -0.25) is 0 Å². The third kappa shape index (κ3) is 3.59. The Bertz CT molecular complexity index is 217. The van der Waals surface area contributed by atoms with Crippen LogP contribution < -0.4 is 0 Å². The summed E-state index contributed by atoms with van der Waals surface area (Å²) >= 11 is 7.43. The average Bonchev–Trinajstić information content (AvgIpc) is 2.45. The molecule has 0 aromatic carbocycles. The SMILES string of the molecule is [CH2]CCCCCc1csc(Cl)c1. The van der Waals surface area contributed by atoms with Gasteiger partial charge < -0.3 is 0 Å². The molecule has 2 heteroatoms. The molecule has 0 fully saturated rings. The standard InChI is InChI=1S/C10H14ClS/c1-2-3-4-5-6-9-7-10(11)12-8-9/h7-8H,1-6H2. The van der Waals surface area contributed by atoms with Gasteiger partial charge in [-0.05, 0) is 29.9 Å². The fourth-order valence-electron chi connectivity index (χ4n) is 1.16. The highest BCUT2D eigenvalue weighted by molar-refractivity contribution is 7.14. The van der Waals surface area contributed by atoms with Crippen molar-refractivity contribution in [2.75, 3.05) is 0 Å². The van der Waals surface area contributed by atoms with Crippen molar-refractivity contribution in [1.82, 2.24) is 0 Å². The Labute approximate surface area is 83.6 Å². The van der Waals surface area contributed by atoms with Crippen molar-refractivity contribution >= 4 is 22.9 Å². The molecule has 0 aliphatic carbocycles. The molecule has 1 rings (SSSR count). The van der Waals surface area contributed by atoms with Crippen molar-refractivity contribution in [2.45, 2.75) is 32.1 Å². The molecule has 1 aromatic heterocycles. The zero-order chi connectivity index (χ0) is 8.81. The van der Waals surface area contributed by atoms with E-state index in [2.05, 4.69) is 18.4 Å². The topological polar surface area (TPSA) is 0 Å². The van der Waals surface area contributed by atoms with Gasteiger partial charge in [-0.15, -0.1) is 11.3 Å². The van der Waals surface area contributed by atoms with Gasteiger partial charge in [-0.2, -0.15) is 0 Å². The van der Waals surface area contributed by atoms with E-state index in [1.165, 1.54) is 31.2 Å². The van der Waals surface area contributed by atoms with E-state index in [1.807, 2.05) is 0 Å². The minimum Gasteiger partial charge on any atom is -0.132 e. The second-order valence-corrected chi connectivity index (χ2v) is 4.47. The summed E-state index contributed by atoms with van der Waals surface area (Å²) in [6, 6.07) is 2.07. The van der Waals surface area contributed by atoms with Crippen molar-refractivity contribution in [3.05, 3.63) is 28.3 Å². The Balaban J connectivity index is 2.15. The van der Waals surface area contributed by atoms with Gasteiger partial charge in [0.05, 0.1) is 4.34 Å². The number of hydrogen-bond donors (Lipinski definition) is 0. The Hall–Kier alpha value is -0.0100. The fourth-order valence-corrected chi connectivity index (χ4v) is 2.10. The number of thiophene rings is 1. The molecule has 1 heterocycles. The maximum Gasteiger partial charge on any atom is 0.0931 e. The van der Waals surface area contributed by atoms with Crippen LogP contribution in [-0.2, 0) is 6.42 Å². The lowest BCUT2D eigenvalue weighted by molar-refractivity contribution is 0.687. The summed E-state index contributed by atoms with van der Waals surface area (Å²) in [5.74, 6) is 0. The van der Waals surface area contributed by atoms with Crippen molar-refractivity contribution in [3.8, 4) is 0 Å². The minimum absolute atomic E-state index is 0.905. The fraction of sp³-hybridized carbons (Fsp3) is 0.500. The van der Waals surface area contributed by atoms with E-state index in [0.29, 0.717) is 0 Å². The Morgan fingerprint density at radius 1 is 1.33 bits per heavy atom. The summed E-state index contributed by atoms with van der Waals surface area (Å²) in [7, 11) is 0. The van der Waals surface area contributed by atoms with Gasteiger partial charge in [0.2, 0.25) is 0 Å². The first-order valence-corrected chi connectivity index (χ1v) is 5.61. The minimum atomic E-state index is 0.905. The maximum absolute atomic E-state index is 5.81. The van der Waals surface area contributed by atoms with Crippen molar-refractivity contribution < 1.29 is 0 Å². The maximum atomic E-state index is 5.81. The van der Waals surface area contributed by atoms with Gasteiger partial charge in [0.15, 0.2) is 0 Å². The van der Waals surface area contributed by atoms with Crippen LogP contribution in [0.3, 0.4) is 0 Å². The van der Waals surface area contributed by atoms with E-state index >= 15 is 0 Å². The molecular formula is C10H14ClS. The number of halogens is 1. The highest BCUT2D eigenvalue weighted by Gasteiger charge is 1.96. The Morgan fingerprint density at radius 3 is 2.75 bits per heavy atom. The quantitative estimate of drug-likeness (QED) is 0.622. The Kier molecular flexibility index (Phi) is 4.70. The van der Waals surface area contributed by atoms with Crippen molar-refractivity contribution in [2.24, 2.45) is 0 Å². The van der Waals surface area contributed by atoms with Crippen LogP contribution in [0.25, 0.3) is 0 Å². The third-order valence-electron chi connectivity index (χ3n) is 1.84. The van der Waals surface area contributed by atoms with Crippen LogP contribution in [0.4, 0.5) is 0 Å². The summed E-state index contributed by atoms with van der Waals surface area (Å²) in [6.07, 6.45) is 6.03. The van der Waals surface area contributed by atoms with Crippen LogP contribution in [0.1, 0.15) is 31.2 Å². The molecule has 0 N–H and O–H groups in total. The monoisotopic (exact) mass is 201 g/mol. The summed E-state index contributed by atoms with van der Waals surface area (Å²) < 4.78 is 0.905. The summed E-state index contributed by atoms with van der Waals surface area (Å²) in [4.78, 5) is 0. The lowest BCUT2D eigenvalue weighted by atomic mass is 10.1. The lowest BCUT2D eigenvalue weighted by Gasteiger charge is -1.96. The van der Waals surface area contributed by atoms with Crippen LogP contribution in [-0.4, -0.2) is 0 Å². The van der Waals surface area contributed by atoms with Gasteiger partial charge in [0.25, 0.3) is 0 Å². The molecule has 0 bridgehead atoms. The molecule has 0 saturated carbocycles. The normalized spacial score (nSPS) is 10.5. The number of unbranched alkanes of at least 4 members (excludes halogenated alkanes) is 3. The van der Waals surface area contributed by atoms with Gasteiger partial charge >= 0.3 is 0 Å². The van der Waals surface area contributed by atoms with Crippen LogP contribution in [0, 0.1) is 6.92 Å². The first-order chi connectivity index (χ1) is 5.83. The van der Waals surface area contributed by atoms with Crippen LogP contribution in [0.2, 0.25) is 4.34 Å². The van der Waals surface area contributed by atoms with Crippen molar-refractivity contribution in [3.63, 3.8) is 0 Å². The van der Waals surface area contributed by atoms with E-state index in [0.717, 1.165) is 10.8 Å². The molecule has 0 aliphatic heterocycles. The number of hydrogen-bond acceptors (Lipinski definition) is 1. The molecule has 0 unspecified atom stereocenters. The van der Waals surface area contributed by atoms with Crippen LogP contribution in [0.5, 0.6) is 0 Å². The predicted octanol–water partition coefficient (Wildman–Crippen LogP) is 4.34.